The van der Waals surface area contributed by atoms with Crippen LogP contribution in [0.15, 0.2) is 22.7 Å². The van der Waals surface area contributed by atoms with Crippen molar-refractivity contribution in [1.82, 2.24) is 20.4 Å². The van der Waals surface area contributed by atoms with Crippen LogP contribution in [0, 0.1) is 12.7 Å². The zero-order valence-corrected chi connectivity index (χ0v) is 14.2. The van der Waals surface area contributed by atoms with Crippen molar-refractivity contribution in [2.24, 2.45) is 0 Å². The first-order valence-corrected chi connectivity index (χ1v) is 7.71. The molecule has 0 unspecified atom stereocenters. The quantitative estimate of drug-likeness (QED) is 0.909. The van der Waals surface area contributed by atoms with Crippen LogP contribution in [0.5, 0.6) is 0 Å². The summed E-state index contributed by atoms with van der Waals surface area (Å²) in [6, 6.07) is 4.67. The molecule has 3 rings (SSSR count). The summed E-state index contributed by atoms with van der Waals surface area (Å²) >= 11 is 0. The van der Waals surface area contributed by atoms with Gasteiger partial charge in [-0.25, -0.2) is 4.39 Å². The van der Waals surface area contributed by atoms with Gasteiger partial charge in [0.15, 0.2) is 0 Å². The molecule has 0 spiro atoms. The first kappa shape index (κ1) is 18.4. The summed E-state index contributed by atoms with van der Waals surface area (Å²) in [5.74, 6) is 0.672. The Balaban J connectivity index is 0.00000208. The van der Waals surface area contributed by atoms with Gasteiger partial charge in [0.1, 0.15) is 5.82 Å². The number of piperazine rings is 1. The Hall–Kier alpha value is -1.99. The van der Waals surface area contributed by atoms with Crippen molar-refractivity contribution in [3.63, 3.8) is 0 Å². The van der Waals surface area contributed by atoms with Gasteiger partial charge in [-0.05, 0) is 30.7 Å². The normalized spacial score (nSPS) is 14.3. The molecule has 1 amide bonds. The number of nitrogens with one attached hydrogen (secondary N) is 1. The Kier molecular flexibility index (Phi) is 6.28. The Morgan fingerprint density at radius 1 is 1.38 bits per heavy atom. The fourth-order valence-corrected chi connectivity index (χ4v) is 2.54. The van der Waals surface area contributed by atoms with Crippen LogP contribution in [-0.2, 0) is 11.2 Å². The summed E-state index contributed by atoms with van der Waals surface area (Å²) < 4.78 is 18.5. The van der Waals surface area contributed by atoms with Crippen molar-refractivity contribution in [3.05, 3.63) is 35.5 Å². The Morgan fingerprint density at radius 3 is 2.83 bits per heavy atom. The lowest BCUT2D eigenvalue weighted by Gasteiger charge is -2.27. The fourth-order valence-electron chi connectivity index (χ4n) is 2.54. The summed E-state index contributed by atoms with van der Waals surface area (Å²) in [6.45, 7) is 4.83. The van der Waals surface area contributed by atoms with Crippen LogP contribution < -0.4 is 5.32 Å². The molecule has 0 atom stereocenters. The molecule has 8 heteroatoms. The topological polar surface area (TPSA) is 71.3 Å². The van der Waals surface area contributed by atoms with Crippen molar-refractivity contribution in [2.75, 3.05) is 26.2 Å². The lowest BCUT2D eigenvalue weighted by Crippen LogP contribution is -2.46. The van der Waals surface area contributed by atoms with Crippen LogP contribution in [0.3, 0.4) is 0 Å². The third kappa shape index (κ3) is 4.30. The molecule has 0 bridgehead atoms. The van der Waals surface area contributed by atoms with Crippen molar-refractivity contribution in [1.29, 1.82) is 0 Å². The molecular formula is C16H20ClFN4O2. The van der Waals surface area contributed by atoms with Gasteiger partial charge in [0.25, 0.3) is 0 Å². The zero-order valence-electron chi connectivity index (χ0n) is 13.4. The van der Waals surface area contributed by atoms with E-state index in [-0.39, 0.29) is 24.1 Å². The van der Waals surface area contributed by atoms with E-state index in [1.54, 1.807) is 19.1 Å². The Morgan fingerprint density at radius 2 is 2.12 bits per heavy atom. The molecule has 24 heavy (non-hydrogen) atoms. The van der Waals surface area contributed by atoms with Crippen molar-refractivity contribution in [3.8, 4) is 11.4 Å². The monoisotopic (exact) mass is 354 g/mol. The van der Waals surface area contributed by atoms with Gasteiger partial charge in [-0.3, -0.25) is 4.79 Å². The summed E-state index contributed by atoms with van der Waals surface area (Å²) in [6.07, 6.45) is 0.764. The number of halogens is 2. The molecule has 0 aliphatic carbocycles. The number of carbonyl (C=O) groups excluding carboxylic acids is 1. The summed E-state index contributed by atoms with van der Waals surface area (Å²) in [4.78, 5) is 18.2. The van der Waals surface area contributed by atoms with Gasteiger partial charge in [0.05, 0.1) is 0 Å². The van der Waals surface area contributed by atoms with E-state index in [2.05, 4.69) is 15.5 Å². The summed E-state index contributed by atoms with van der Waals surface area (Å²) in [5, 5.41) is 7.12. The maximum Gasteiger partial charge on any atom is 0.227 e. The SMILES string of the molecule is Cc1cc(-c2noc(CCC(=O)N3CCNCC3)n2)ccc1F.Cl. The van der Waals surface area contributed by atoms with Gasteiger partial charge in [-0.1, -0.05) is 5.16 Å². The maximum atomic E-state index is 13.3. The highest BCUT2D eigenvalue weighted by atomic mass is 35.5. The van der Waals surface area contributed by atoms with Gasteiger partial charge in [0, 0.05) is 44.6 Å². The van der Waals surface area contributed by atoms with Gasteiger partial charge >= 0.3 is 0 Å². The number of aryl methyl sites for hydroxylation is 2. The highest BCUT2D eigenvalue weighted by molar-refractivity contribution is 5.85. The highest BCUT2D eigenvalue weighted by Gasteiger charge is 2.17. The molecule has 1 saturated heterocycles. The van der Waals surface area contributed by atoms with Crippen LogP contribution in [0.2, 0.25) is 0 Å². The molecule has 2 heterocycles. The zero-order chi connectivity index (χ0) is 16.2. The van der Waals surface area contributed by atoms with E-state index in [0.717, 1.165) is 26.2 Å². The summed E-state index contributed by atoms with van der Waals surface area (Å²) in [7, 11) is 0. The highest BCUT2D eigenvalue weighted by Crippen LogP contribution is 2.19. The minimum Gasteiger partial charge on any atom is -0.340 e. The van der Waals surface area contributed by atoms with E-state index in [0.29, 0.717) is 35.7 Å². The van der Waals surface area contributed by atoms with Crippen LogP contribution >= 0.6 is 12.4 Å². The number of benzene rings is 1. The van der Waals surface area contributed by atoms with E-state index < -0.39 is 0 Å². The van der Waals surface area contributed by atoms with E-state index in [1.807, 2.05) is 4.90 Å². The Bertz CT molecular complexity index is 701. The summed E-state index contributed by atoms with van der Waals surface area (Å²) in [5.41, 5.74) is 1.23. The predicted octanol–water partition coefficient (Wildman–Crippen LogP) is 1.97. The minimum absolute atomic E-state index is 0. The standard InChI is InChI=1S/C16H19FN4O2.ClH/c1-11-10-12(2-3-13(11)17)16-19-14(23-20-16)4-5-15(22)21-8-6-18-7-9-21;/h2-3,10,18H,4-9H2,1H3;1H. The van der Waals surface area contributed by atoms with E-state index >= 15 is 0 Å². The van der Waals surface area contributed by atoms with E-state index in [4.69, 9.17) is 4.52 Å². The third-order valence-corrected chi connectivity index (χ3v) is 3.91. The van der Waals surface area contributed by atoms with Crippen LogP contribution in [0.1, 0.15) is 17.9 Å². The molecule has 1 aromatic carbocycles. The average molecular weight is 355 g/mol. The molecule has 1 aromatic heterocycles. The number of amides is 1. The van der Waals surface area contributed by atoms with Crippen molar-refractivity contribution in [2.45, 2.75) is 19.8 Å². The van der Waals surface area contributed by atoms with Crippen LogP contribution in [0.25, 0.3) is 11.4 Å². The molecule has 1 fully saturated rings. The van der Waals surface area contributed by atoms with E-state index in [1.165, 1.54) is 6.07 Å². The fraction of sp³-hybridized carbons (Fsp3) is 0.438. The molecule has 1 aliphatic rings. The second-order valence-electron chi connectivity index (χ2n) is 5.61. The number of nitrogens with zero attached hydrogens (tertiary/aromatic N) is 3. The number of aromatic nitrogens is 2. The molecule has 1 N–H and O–H groups in total. The van der Waals surface area contributed by atoms with Crippen molar-refractivity contribution >= 4 is 18.3 Å². The largest absolute Gasteiger partial charge is 0.340 e. The lowest BCUT2D eigenvalue weighted by molar-refractivity contribution is -0.131. The van der Waals surface area contributed by atoms with Crippen LogP contribution in [0.4, 0.5) is 4.39 Å². The average Bonchev–Trinajstić information content (AvgIpc) is 3.05. The van der Waals surface area contributed by atoms with Gasteiger partial charge in [0.2, 0.25) is 17.6 Å². The number of rotatable bonds is 4. The molecule has 130 valence electrons. The molecular weight excluding hydrogens is 335 g/mol. The number of hydrogen-bond donors (Lipinski definition) is 1. The Labute approximate surface area is 145 Å². The minimum atomic E-state index is -0.265. The second kappa shape index (κ2) is 8.21. The molecule has 6 nitrogen and oxygen atoms in total. The first-order chi connectivity index (χ1) is 11.1. The molecule has 0 saturated carbocycles. The van der Waals surface area contributed by atoms with Crippen molar-refractivity contribution < 1.29 is 13.7 Å². The first-order valence-electron chi connectivity index (χ1n) is 7.71. The predicted molar refractivity (Wildman–Crippen MR) is 89.4 cm³/mol. The van der Waals surface area contributed by atoms with Gasteiger partial charge in [-0.15, -0.1) is 12.4 Å². The number of carbonyl (C=O) groups is 1. The molecule has 1 aliphatic heterocycles. The number of hydrogen-bond acceptors (Lipinski definition) is 5. The second-order valence-corrected chi connectivity index (χ2v) is 5.61. The van der Waals surface area contributed by atoms with Gasteiger partial charge < -0.3 is 14.7 Å². The van der Waals surface area contributed by atoms with E-state index in [9.17, 15) is 9.18 Å². The van der Waals surface area contributed by atoms with Crippen LogP contribution in [-0.4, -0.2) is 47.1 Å². The lowest BCUT2D eigenvalue weighted by atomic mass is 10.1. The maximum absolute atomic E-state index is 13.3. The molecule has 0 radical (unpaired) electrons. The molecule has 2 aromatic rings. The van der Waals surface area contributed by atoms with Gasteiger partial charge in [-0.2, -0.15) is 4.98 Å². The third-order valence-electron chi connectivity index (χ3n) is 3.91. The smallest absolute Gasteiger partial charge is 0.227 e.